The number of halogens is 1. The molecule has 1 aromatic rings. The van der Waals surface area contributed by atoms with Crippen LogP contribution in [0.1, 0.15) is 38.8 Å². The first kappa shape index (κ1) is 15.9. The van der Waals surface area contributed by atoms with Crippen molar-refractivity contribution in [1.29, 1.82) is 0 Å². The second kappa shape index (κ2) is 8.12. The number of nitrogens with zero attached hydrogens (tertiary/aromatic N) is 1. The molecule has 102 valence electrons. The van der Waals surface area contributed by atoms with Crippen LogP contribution in [0.25, 0.3) is 0 Å². The molecule has 0 amide bonds. The van der Waals surface area contributed by atoms with E-state index in [4.69, 9.17) is 0 Å². The topological polar surface area (TPSA) is 15.3 Å². The van der Waals surface area contributed by atoms with Gasteiger partial charge in [-0.25, -0.2) is 0 Å². The molecule has 0 saturated heterocycles. The molecule has 1 rings (SSSR count). The Kier molecular flexibility index (Phi) is 7.19. The first-order valence-electron chi connectivity index (χ1n) is 6.69. The molecule has 0 heterocycles. The van der Waals surface area contributed by atoms with Gasteiger partial charge < -0.3 is 10.2 Å². The molecule has 2 nitrogen and oxygen atoms in total. The molecule has 1 aromatic carbocycles. The fourth-order valence-electron chi connectivity index (χ4n) is 1.77. The van der Waals surface area contributed by atoms with Gasteiger partial charge in [0.1, 0.15) is 0 Å². The van der Waals surface area contributed by atoms with E-state index < -0.39 is 0 Å². The quantitative estimate of drug-likeness (QED) is 0.590. The molecule has 0 aliphatic carbocycles. The van der Waals surface area contributed by atoms with Crippen molar-refractivity contribution in [1.82, 2.24) is 10.2 Å². The third-order valence-corrected chi connectivity index (χ3v) is 4.11. The summed E-state index contributed by atoms with van der Waals surface area (Å²) in [5.74, 6) is 0. The number of nitrogens with one attached hydrogen (secondary N) is 1. The first-order valence-corrected chi connectivity index (χ1v) is 7.77. The third kappa shape index (κ3) is 5.67. The maximum atomic E-state index is 3.58. The Balaban J connectivity index is 2.25. The van der Waals surface area contributed by atoms with Crippen molar-refractivity contribution in [3.8, 4) is 0 Å². The lowest BCUT2D eigenvalue weighted by molar-refractivity contribution is 0.268. The van der Waals surface area contributed by atoms with Crippen LogP contribution in [0.15, 0.2) is 24.3 Å². The Morgan fingerprint density at radius 2 is 1.78 bits per heavy atom. The minimum absolute atomic E-state index is 0.436. The highest BCUT2D eigenvalue weighted by atomic mass is 127. The van der Waals surface area contributed by atoms with E-state index in [2.05, 4.69) is 84.9 Å². The van der Waals surface area contributed by atoms with Crippen molar-refractivity contribution in [3.63, 3.8) is 0 Å². The van der Waals surface area contributed by atoms with Crippen LogP contribution in [-0.4, -0.2) is 31.1 Å². The maximum absolute atomic E-state index is 3.58. The fraction of sp³-hybridized carbons (Fsp3) is 0.600. The Hall–Kier alpha value is -0.130. The first-order chi connectivity index (χ1) is 8.50. The molecule has 0 bridgehead atoms. The second-order valence-electron chi connectivity index (χ2n) is 5.16. The van der Waals surface area contributed by atoms with E-state index in [1.807, 2.05) is 0 Å². The second-order valence-corrected chi connectivity index (χ2v) is 6.40. The minimum atomic E-state index is 0.436. The summed E-state index contributed by atoms with van der Waals surface area (Å²) in [7, 11) is 2.19. The molecule has 3 heteroatoms. The van der Waals surface area contributed by atoms with Gasteiger partial charge in [0.15, 0.2) is 0 Å². The van der Waals surface area contributed by atoms with Gasteiger partial charge in [-0.05, 0) is 87.6 Å². The predicted octanol–water partition coefficient (Wildman–Crippen LogP) is 3.67. The fourth-order valence-corrected chi connectivity index (χ4v) is 2.13. The molecule has 0 spiro atoms. The molecule has 18 heavy (non-hydrogen) atoms. The number of hydrogen-bond donors (Lipinski definition) is 1. The normalized spacial score (nSPS) is 13.3. The zero-order chi connectivity index (χ0) is 13.5. The van der Waals surface area contributed by atoms with Crippen LogP contribution in [0.3, 0.4) is 0 Å². The Morgan fingerprint density at radius 1 is 1.17 bits per heavy atom. The van der Waals surface area contributed by atoms with E-state index in [0.29, 0.717) is 12.1 Å². The van der Waals surface area contributed by atoms with Crippen molar-refractivity contribution in [2.24, 2.45) is 0 Å². The highest BCUT2D eigenvalue weighted by molar-refractivity contribution is 14.1. The average Bonchev–Trinajstić information content (AvgIpc) is 2.34. The predicted molar refractivity (Wildman–Crippen MR) is 88.0 cm³/mol. The van der Waals surface area contributed by atoms with Crippen molar-refractivity contribution in [2.45, 2.75) is 39.3 Å². The maximum Gasteiger partial charge on any atom is 0.0291 e. The summed E-state index contributed by atoms with van der Waals surface area (Å²) in [6, 6.07) is 9.82. The Labute approximate surface area is 125 Å². The Bertz CT molecular complexity index is 335. The summed E-state index contributed by atoms with van der Waals surface area (Å²) in [4.78, 5) is 2.39. The lowest BCUT2D eigenvalue weighted by Gasteiger charge is -2.21. The number of rotatable bonds is 7. The van der Waals surface area contributed by atoms with Crippen molar-refractivity contribution < 1.29 is 0 Å². The van der Waals surface area contributed by atoms with E-state index in [1.54, 1.807) is 0 Å². The molecular weight excluding hydrogens is 335 g/mol. The van der Waals surface area contributed by atoms with E-state index in [1.165, 1.54) is 15.6 Å². The van der Waals surface area contributed by atoms with E-state index in [0.717, 1.165) is 13.1 Å². The van der Waals surface area contributed by atoms with Gasteiger partial charge in [0.25, 0.3) is 0 Å². The van der Waals surface area contributed by atoms with Gasteiger partial charge in [-0.1, -0.05) is 12.1 Å². The van der Waals surface area contributed by atoms with Crippen molar-refractivity contribution >= 4 is 22.6 Å². The highest BCUT2D eigenvalue weighted by Gasteiger charge is 2.05. The number of benzene rings is 1. The molecule has 1 atom stereocenters. The van der Waals surface area contributed by atoms with Gasteiger partial charge in [-0.3, -0.25) is 0 Å². The van der Waals surface area contributed by atoms with Crippen LogP contribution in [0.4, 0.5) is 0 Å². The van der Waals surface area contributed by atoms with Crippen LogP contribution < -0.4 is 5.32 Å². The summed E-state index contributed by atoms with van der Waals surface area (Å²) in [6.45, 7) is 8.94. The highest BCUT2D eigenvalue weighted by Crippen LogP contribution is 2.14. The van der Waals surface area contributed by atoms with Crippen molar-refractivity contribution in [2.75, 3.05) is 20.1 Å². The monoisotopic (exact) mass is 360 g/mol. The molecule has 1 N–H and O–H groups in total. The minimum Gasteiger partial charge on any atom is -0.310 e. The lowest BCUT2D eigenvalue weighted by atomic mass is 10.1. The van der Waals surface area contributed by atoms with Gasteiger partial charge in [-0.15, -0.1) is 0 Å². The smallest absolute Gasteiger partial charge is 0.0291 e. The molecule has 0 fully saturated rings. The molecule has 0 aromatic heterocycles. The van der Waals surface area contributed by atoms with Gasteiger partial charge in [0, 0.05) is 15.7 Å². The summed E-state index contributed by atoms with van der Waals surface area (Å²) in [5, 5.41) is 3.58. The van der Waals surface area contributed by atoms with Crippen molar-refractivity contribution in [3.05, 3.63) is 33.4 Å². The lowest BCUT2D eigenvalue weighted by Crippen LogP contribution is -2.30. The van der Waals surface area contributed by atoms with Crippen LogP contribution in [0, 0.1) is 3.57 Å². The zero-order valence-corrected chi connectivity index (χ0v) is 14.1. The largest absolute Gasteiger partial charge is 0.310 e. The van der Waals surface area contributed by atoms with Gasteiger partial charge in [0.2, 0.25) is 0 Å². The van der Waals surface area contributed by atoms with Crippen LogP contribution in [-0.2, 0) is 0 Å². The van der Waals surface area contributed by atoms with Gasteiger partial charge >= 0.3 is 0 Å². The number of hydrogen-bond acceptors (Lipinski definition) is 2. The molecular formula is C15H25IN2. The third-order valence-electron chi connectivity index (χ3n) is 3.39. The summed E-state index contributed by atoms with van der Waals surface area (Å²) in [5.41, 5.74) is 1.37. The standard InChI is InChI=1S/C15H25IN2/c1-12(2)18(4)11-5-10-17-13(3)14-6-8-15(16)9-7-14/h6-9,12-13,17H,5,10-11H2,1-4H3. The summed E-state index contributed by atoms with van der Waals surface area (Å²) >= 11 is 2.34. The van der Waals surface area contributed by atoms with E-state index in [9.17, 15) is 0 Å². The van der Waals surface area contributed by atoms with Crippen LogP contribution >= 0.6 is 22.6 Å². The zero-order valence-electron chi connectivity index (χ0n) is 11.9. The molecule has 0 radical (unpaired) electrons. The molecule has 0 saturated carbocycles. The molecule has 0 aliphatic rings. The van der Waals surface area contributed by atoms with E-state index in [-0.39, 0.29) is 0 Å². The summed E-state index contributed by atoms with van der Waals surface area (Å²) in [6.07, 6.45) is 1.20. The SMILES string of the molecule is CC(NCCCN(C)C(C)C)c1ccc(I)cc1. The molecule has 1 unspecified atom stereocenters. The average molecular weight is 360 g/mol. The van der Waals surface area contributed by atoms with Gasteiger partial charge in [0.05, 0.1) is 0 Å². The Morgan fingerprint density at radius 3 is 2.33 bits per heavy atom. The molecule has 0 aliphatic heterocycles. The van der Waals surface area contributed by atoms with Crippen LogP contribution in [0.2, 0.25) is 0 Å². The summed E-state index contributed by atoms with van der Waals surface area (Å²) < 4.78 is 1.29. The van der Waals surface area contributed by atoms with Gasteiger partial charge in [-0.2, -0.15) is 0 Å². The van der Waals surface area contributed by atoms with Crippen LogP contribution in [0.5, 0.6) is 0 Å². The van der Waals surface area contributed by atoms with E-state index >= 15 is 0 Å².